The van der Waals surface area contributed by atoms with Crippen LogP contribution in [-0.4, -0.2) is 16.2 Å². The second-order valence-corrected chi connectivity index (χ2v) is 6.09. The Balaban J connectivity index is 1.91. The van der Waals surface area contributed by atoms with Crippen molar-refractivity contribution in [2.75, 3.05) is 0 Å². The van der Waals surface area contributed by atoms with E-state index in [4.69, 9.17) is 0 Å². The van der Waals surface area contributed by atoms with E-state index in [1.165, 1.54) is 11.3 Å². The lowest BCUT2D eigenvalue weighted by atomic mass is 9.89. The summed E-state index contributed by atoms with van der Waals surface area (Å²) in [7, 11) is 0. The van der Waals surface area contributed by atoms with Gasteiger partial charge in [-0.05, 0) is 39.1 Å². The van der Waals surface area contributed by atoms with Gasteiger partial charge < -0.3 is 10.2 Å². The molecule has 0 saturated heterocycles. The van der Waals surface area contributed by atoms with E-state index >= 15 is 0 Å². The molecule has 0 aliphatic heterocycles. The summed E-state index contributed by atoms with van der Waals surface area (Å²) in [6, 6.07) is 19.0. The van der Waals surface area contributed by atoms with Crippen LogP contribution in [0, 0.1) is 0 Å². The third-order valence-electron chi connectivity index (χ3n) is 3.84. The largest absolute Gasteiger partial charge is 0.481 e. The Hall–Kier alpha value is -2.43. The number of carboxylic acids is 1. The van der Waals surface area contributed by atoms with E-state index in [1.54, 1.807) is 23.6 Å². The lowest BCUT2D eigenvalue weighted by Gasteiger charge is -2.19. The van der Waals surface area contributed by atoms with Crippen molar-refractivity contribution >= 4 is 17.3 Å². The Labute approximate surface area is 138 Å². The molecule has 116 valence electrons. The fourth-order valence-electron chi connectivity index (χ4n) is 2.61. The van der Waals surface area contributed by atoms with Crippen LogP contribution in [0.1, 0.15) is 23.1 Å². The summed E-state index contributed by atoms with van der Waals surface area (Å²) in [5.41, 5.74) is 3.32. The predicted octanol–water partition coefficient (Wildman–Crippen LogP) is 4.32. The highest BCUT2D eigenvalue weighted by molar-refractivity contribution is 7.07. The normalized spacial score (nSPS) is 13.4. The van der Waals surface area contributed by atoms with E-state index in [2.05, 4.69) is 0 Å². The van der Waals surface area contributed by atoms with Gasteiger partial charge in [0, 0.05) is 0 Å². The summed E-state index contributed by atoms with van der Waals surface area (Å²) in [5, 5.41) is 23.5. The maximum Gasteiger partial charge on any atom is 0.314 e. The molecule has 1 aromatic heterocycles. The molecule has 2 atom stereocenters. The third kappa shape index (κ3) is 3.33. The van der Waals surface area contributed by atoms with Crippen LogP contribution >= 0.6 is 11.3 Å². The zero-order valence-electron chi connectivity index (χ0n) is 12.3. The summed E-state index contributed by atoms with van der Waals surface area (Å²) in [6.45, 7) is 0. The number of aliphatic carboxylic acids is 1. The number of aliphatic hydroxyl groups excluding tert-OH is 1. The monoisotopic (exact) mass is 324 g/mol. The van der Waals surface area contributed by atoms with Gasteiger partial charge in [-0.25, -0.2) is 0 Å². The van der Waals surface area contributed by atoms with Crippen molar-refractivity contribution in [3.63, 3.8) is 0 Å². The van der Waals surface area contributed by atoms with Crippen molar-refractivity contribution in [2.45, 2.75) is 12.0 Å². The smallest absolute Gasteiger partial charge is 0.314 e. The first kappa shape index (κ1) is 15.5. The molecule has 2 aromatic carbocycles. The van der Waals surface area contributed by atoms with Gasteiger partial charge in [0.15, 0.2) is 0 Å². The molecule has 0 aliphatic carbocycles. The molecule has 0 spiro atoms. The second kappa shape index (κ2) is 6.77. The van der Waals surface area contributed by atoms with Gasteiger partial charge >= 0.3 is 5.97 Å². The molecule has 23 heavy (non-hydrogen) atoms. The first-order chi connectivity index (χ1) is 11.2. The second-order valence-electron chi connectivity index (χ2n) is 5.31. The van der Waals surface area contributed by atoms with Crippen molar-refractivity contribution in [3.8, 4) is 11.1 Å². The van der Waals surface area contributed by atoms with E-state index in [9.17, 15) is 15.0 Å². The van der Waals surface area contributed by atoms with Crippen molar-refractivity contribution in [1.82, 2.24) is 0 Å². The van der Waals surface area contributed by atoms with Gasteiger partial charge in [-0.1, -0.05) is 54.6 Å². The molecule has 0 unspecified atom stereocenters. The van der Waals surface area contributed by atoms with Gasteiger partial charge in [0.2, 0.25) is 0 Å². The molecule has 2 N–H and O–H groups in total. The standard InChI is InChI=1S/C19H16O3S/c20-18(16-10-11-23-12-16)17(19(21)22)15-8-6-14(7-9-15)13-4-2-1-3-5-13/h1-12,17-18,20H,(H,21,22)/t17-,18+/m0/s1. The van der Waals surface area contributed by atoms with Crippen LogP contribution < -0.4 is 0 Å². The average molecular weight is 324 g/mol. The lowest BCUT2D eigenvalue weighted by Crippen LogP contribution is -2.19. The SMILES string of the molecule is O=C(O)[C@@H](c1ccc(-c2ccccc2)cc1)[C@H](O)c1ccsc1. The molecule has 3 aromatic rings. The Kier molecular flexibility index (Phi) is 4.55. The summed E-state index contributed by atoms with van der Waals surface area (Å²) in [6.07, 6.45) is -1.05. The maximum atomic E-state index is 11.6. The molecule has 4 heteroatoms. The van der Waals surface area contributed by atoms with Gasteiger partial charge in [0.25, 0.3) is 0 Å². The van der Waals surface area contributed by atoms with Crippen LogP contribution in [0.3, 0.4) is 0 Å². The number of aliphatic hydroxyl groups is 1. The molecule has 0 radical (unpaired) electrons. The topological polar surface area (TPSA) is 57.5 Å². The Morgan fingerprint density at radius 2 is 1.52 bits per heavy atom. The van der Waals surface area contributed by atoms with Gasteiger partial charge in [0.05, 0.1) is 6.10 Å². The van der Waals surface area contributed by atoms with Crippen molar-refractivity contribution in [3.05, 3.63) is 82.6 Å². The van der Waals surface area contributed by atoms with Crippen LogP contribution in [0.4, 0.5) is 0 Å². The highest BCUT2D eigenvalue weighted by Gasteiger charge is 2.29. The van der Waals surface area contributed by atoms with Crippen molar-refractivity contribution in [2.24, 2.45) is 0 Å². The first-order valence-corrected chi connectivity index (χ1v) is 8.19. The zero-order chi connectivity index (χ0) is 16.2. The van der Waals surface area contributed by atoms with Crippen LogP contribution in [0.5, 0.6) is 0 Å². The van der Waals surface area contributed by atoms with E-state index in [0.717, 1.165) is 11.1 Å². The minimum atomic E-state index is -1.05. The zero-order valence-corrected chi connectivity index (χ0v) is 13.1. The highest BCUT2D eigenvalue weighted by atomic mass is 32.1. The number of thiophene rings is 1. The number of carboxylic acid groups (broad SMARTS) is 1. The predicted molar refractivity (Wildman–Crippen MR) is 91.5 cm³/mol. The van der Waals surface area contributed by atoms with Crippen LogP contribution in [0.25, 0.3) is 11.1 Å². The van der Waals surface area contributed by atoms with Gasteiger partial charge in [-0.3, -0.25) is 4.79 Å². The number of hydrogen-bond acceptors (Lipinski definition) is 3. The highest BCUT2D eigenvalue weighted by Crippen LogP contribution is 2.33. The lowest BCUT2D eigenvalue weighted by molar-refractivity contribution is -0.141. The van der Waals surface area contributed by atoms with Gasteiger partial charge in [0.1, 0.15) is 5.92 Å². The fraction of sp³-hybridized carbons (Fsp3) is 0.105. The number of benzene rings is 2. The maximum absolute atomic E-state index is 11.6. The van der Waals surface area contributed by atoms with E-state index in [1.807, 2.05) is 47.8 Å². The van der Waals surface area contributed by atoms with Crippen molar-refractivity contribution in [1.29, 1.82) is 0 Å². The first-order valence-electron chi connectivity index (χ1n) is 7.25. The summed E-state index contributed by atoms with van der Waals surface area (Å²) >= 11 is 1.44. The van der Waals surface area contributed by atoms with Crippen molar-refractivity contribution < 1.29 is 15.0 Å². The summed E-state index contributed by atoms with van der Waals surface area (Å²) < 4.78 is 0. The van der Waals surface area contributed by atoms with Crippen LogP contribution in [0.15, 0.2) is 71.4 Å². The van der Waals surface area contributed by atoms with Gasteiger partial charge in [-0.2, -0.15) is 11.3 Å². The third-order valence-corrected chi connectivity index (χ3v) is 4.54. The molecular weight excluding hydrogens is 308 g/mol. The Morgan fingerprint density at radius 1 is 0.870 bits per heavy atom. The minimum Gasteiger partial charge on any atom is -0.481 e. The molecule has 0 amide bonds. The molecule has 0 fully saturated rings. The molecule has 3 rings (SSSR count). The number of hydrogen-bond donors (Lipinski definition) is 2. The van der Waals surface area contributed by atoms with E-state index in [-0.39, 0.29) is 0 Å². The summed E-state index contributed by atoms with van der Waals surface area (Å²) in [4.78, 5) is 11.6. The van der Waals surface area contributed by atoms with Crippen LogP contribution in [-0.2, 0) is 4.79 Å². The van der Waals surface area contributed by atoms with E-state index in [0.29, 0.717) is 11.1 Å². The Morgan fingerprint density at radius 3 is 2.09 bits per heavy atom. The van der Waals surface area contributed by atoms with E-state index < -0.39 is 18.0 Å². The average Bonchev–Trinajstić information content (AvgIpc) is 3.11. The Bertz CT molecular complexity index is 764. The fourth-order valence-corrected chi connectivity index (χ4v) is 3.30. The molecular formula is C19H16O3S. The molecule has 3 nitrogen and oxygen atoms in total. The molecule has 0 saturated carbocycles. The molecule has 0 aliphatic rings. The van der Waals surface area contributed by atoms with Crippen LogP contribution in [0.2, 0.25) is 0 Å². The number of rotatable bonds is 5. The quantitative estimate of drug-likeness (QED) is 0.735. The minimum absolute atomic E-state index is 0.593. The number of carbonyl (C=O) groups is 1. The van der Waals surface area contributed by atoms with Gasteiger partial charge in [-0.15, -0.1) is 0 Å². The molecule has 0 bridgehead atoms. The molecule has 1 heterocycles. The summed E-state index contributed by atoms with van der Waals surface area (Å²) in [5.74, 6) is -2.01.